The van der Waals surface area contributed by atoms with Crippen LogP contribution in [0.2, 0.25) is 0 Å². The van der Waals surface area contributed by atoms with Crippen LogP contribution < -0.4 is 20.1 Å². The smallest absolute Gasteiger partial charge is 0.496 e. The Balaban J connectivity index is 1.46. The largest absolute Gasteiger partial charge is 0.501 e. The van der Waals surface area contributed by atoms with Crippen LogP contribution in [0.5, 0.6) is 11.5 Å². The number of hydrogen-bond donors (Lipinski definition) is 3. The fraction of sp³-hybridized carbons (Fsp3) is 0.483. The third-order valence-corrected chi connectivity index (χ3v) is 9.71. The van der Waals surface area contributed by atoms with Crippen molar-refractivity contribution in [3.05, 3.63) is 47.8 Å². The van der Waals surface area contributed by atoms with Gasteiger partial charge in [-0.2, -0.15) is 13.2 Å². The first kappa shape index (κ1) is 33.0. The van der Waals surface area contributed by atoms with E-state index in [2.05, 4.69) is 10.6 Å². The zero-order valence-corrected chi connectivity index (χ0v) is 24.7. The van der Waals surface area contributed by atoms with E-state index >= 15 is 0 Å². The zero-order chi connectivity index (χ0) is 32.4. The highest BCUT2D eigenvalue weighted by Gasteiger charge is 2.47. The molecule has 0 aliphatic heterocycles. The predicted molar refractivity (Wildman–Crippen MR) is 148 cm³/mol. The number of halogens is 4. The highest BCUT2D eigenvalue weighted by atomic mass is 32.2. The Bertz CT molecular complexity index is 1540. The molecule has 44 heavy (non-hydrogen) atoms. The van der Waals surface area contributed by atoms with Crippen LogP contribution in [0.15, 0.2) is 41.3 Å². The summed E-state index contributed by atoms with van der Waals surface area (Å²) in [4.78, 5) is 36.9. The van der Waals surface area contributed by atoms with E-state index in [1.54, 1.807) is 6.92 Å². The summed E-state index contributed by atoms with van der Waals surface area (Å²) >= 11 is 0. The van der Waals surface area contributed by atoms with E-state index in [0.717, 1.165) is 18.2 Å². The number of hydrogen-bond acceptors (Lipinski definition) is 7. The number of rotatable bonds is 9. The molecule has 2 aliphatic rings. The van der Waals surface area contributed by atoms with Gasteiger partial charge in [0.1, 0.15) is 5.75 Å². The number of alkyl halides is 3. The molecule has 0 heterocycles. The summed E-state index contributed by atoms with van der Waals surface area (Å²) in [6.07, 6.45) is 2.23. The third kappa shape index (κ3) is 6.92. The molecule has 240 valence electrons. The average molecular weight is 645 g/mol. The van der Waals surface area contributed by atoms with Crippen molar-refractivity contribution in [3.8, 4) is 11.5 Å². The number of anilines is 1. The van der Waals surface area contributed by atoms with Crippen molar-refractivity contribution in [1.82, 2.24) is 5.32 Å². The summed E-state index contributed by atoms with van der Waals surface area (Å²) in [6.45, 7) is 1.65. The SMILES string of the molecule is COc1cc(F)c(OC2CCC(C)(C(=O)O)CC2)cc1C(=O)NC1CCCC1C(=O)Nc1cccc(S(=O)(=O)C(F)(F)F)c1. The highest BCUT2D eigenvalue weighted by molar-refractivity contribution is 7.92. The van der Waals surface area contributed by atoms with Gasteiger partial charge in [-0.25, -0.2) is 12.8 Å². The van der Waals surface area contributed by atoms with E-state index in [9.17, 15) is 45.5 Å². The van der Waals surface area contributed by atoms with Gasteiger partial charge in [-0.05, 0) is 69.7 Å². The van der Waals surface area contributed by atoms with Crippen LogP contribution >= 0.6 is 0 Å². The van der Waals surface area contributed by atoms with Gasteiger partial charge < -0.3 is 25.2 Å². The summed E-state index contributed by atoms with van der Waals surface area (Å²) in [5.74, 6) is -4.10. The van der Waals surface area contributed by atoms with Gasteiger partial charge in [0.15, 0.2) is 11.6 Å². The van der Waals surface area contributed by atoms with E-state index in [1.807, 2.05) is 0 Å². The molecule has 2 amide bonds. The van der Waals surface area contributed by atoms with Gasteiger partial charge in [-0.1, -0.05) is 12.5 Å². The monoisotopic (exact) mass is 644 g/mol. The molecule has 15 heteroatoms. The molecule has 0 bridgehead atoms. The molecule has 3 N–H and O–H groups in total. The van der Waals surface area contributed by atoms with Crippen molar-refractivity contribution in [3.63, 3.8) is 0 Å². The third-order valence-electron chi connectivity index (χ3n) is 8.23. The Morgan fingerprint density at radius 3 is 2.32 bits per heavy atom. The number of methoxy groups -OCH3 is 1. The molecule has 2 atom stereocenters. The number of carboxylic acids is 1. The molecule has 2 fully saturated rings. The molecule has 2 unspecified atom stereocenters. The van der Waals surface area contributed by atoms with Crippen LogP contribution in [0, 0.1) is 17.2 Å². The van der Waals surface area contributed by atoms with Gasteiger partial charge in [0.2, 0.25) is 5.91 Å². The minimum absolute atomic E-state index is 0.0637. The van der Waals surface area contributed by atoms with Crippen LogP contribution in [-0.4, -0.2) is 56.1 Å². The summed E-state index contributed by atoms with van der Waals surface area (Å²) in [6, 6.07) is 5.28. The van der Waals surface area contributed by atoms with Gasteiger partial charge in [-0.15, -0.1) is 0 Å². The maximum atomic E-state index is 14.9. The molecular weight excluding hydrogens is 612 g/mol. The number of amides is 2. The van der Waals surface area contributed by atoms with Gasteiger partial charge in [0.25, 0.3) is 15.7 Å². The average Bonchev–Trinajstić information content (AvgIpc) is 3.42. The summed E-state index contributed by atoms with van der Waals surface area (Å²) in [5, 5.41) is 14.6. The fourth-order valence-corrected chi connectivity index (χ4v) is 6.32. The van der Waals surface area contributed by atoms with Gasteiger partial charge in [0, 0.05) is 17.8 Å². The lowest BCUT2D eigenvalue weighted by molar-refractivity contribution is -0.150. The van der Waals surface area contributed by atoms with E-state index in [0.29, 0.717) is 51.0 Å². The van der Waals surface area contributed by atoms with Crippen molar-refractivity contribution in [2.45, 2.75) is 74.4 Å². The minimum Gasteiger partial charge on any atom is -0.496 e. The number of carbonyl (C=O) groups excluding carboxylic acids is 2. The van der Waals surface area contributed by atoms with E-state index in [-0.39, 0.29) is 22.7 Å². The quantitative estimate of drug-likeness (QED) is 0.321. The van der Waals surface area contributed by atoms with Crippen LogP contribution in [0.4, 0.5) is 23.2 Å². The Morgan fingerprint density at radius 1 is 1.02 bits per heavy atom. The second-order valence-corrected chi connectivity index (χ2v) is 13.2. The predicted octanol–water partition coefficient (Wildman–Crippen LogP) is 5.08. The number of benzene rings is 2. The number of carboxylic acid groups (broad SMARTS) is 1. The lowest BCUT2D eigenvalue weighted by Crippen LogP contribution is -2.42. The molecule has 2 aliphatic carbocycles. The number of carbonyl (C=O) groups is 3. The Hall–Kier alpha value is -3.88. The molecule has 0 saturated heterocycles. The van der Waals surface area contributed by atoms with E-state index in [4.69, 9.17) is 9.47 Å². The van der Waals surface area contributed by atoms with Crippen molar-refractivity contribution in [2.75, 3.05) is 12.4 Å². The standard InChI is InChI=1S/C29H32F4N2O8S/c1-28(27(38)39)11-9-17(10-12-28)43-24-14-20(23(42-2)15-21(24)30)26(37)35-22-8-4-7-19(22)25(36)34-16-5-3-6-18(13-16)44(40,41)29(31,32)33/h3,5-6,13-15,17,19,22H,4,7-12H2,1-2H3,(H,34,36)(H,35,37)(H,38,39). The maximum absolute atomic E-state index is 14.9. The lowest BCUT2D eigenvalue weighted by Gasteiger charge is -2.34. The first-order valence-corrected chi connectivity index (χ1v) is 15.3. The normalized spacial score (nSPS) is 23.9. The zero-order valence-electron chi connectivity index (χ0n) is 23.9. The van der Waals surface area contributed by atoms with Crippen molar-refractivity contribution in [1.29, 1.82) is 0 Å². The van der Waals surface area contributed by atoms with Crippen LogP contribution in [-0.2, 0) is 19.4 Å². The molecule has 0 aromatic heterocycles. The molecule has 2 aromatic carbocycles. The van der Waals surface area contributed by atoms with E-state index in [1.165, 1.54) is 19.2 Å². The number of sulfone groups is 1. The van der Waals surface area contributed by atoms with Crippen molar-refractivity contribution >= 4 is 33.3 Å². The molecule has 2 saturated carbocycles. The van der Waals surface area contributed by atoms with Gasteiger partial charge in [-0.3, -0.25) is 14.4 Å². The first-order chi connectivity index (χ1) is 20.6. The Morgan fingerprint density at radius 2 is 1.70 bits per heavy atom. The molecule has 0 spiro atoms. The van der Waals surface area contributed by atoms with Gasteiger partial charge >= 0.3 is 11.5 Å². The number of ether oxygens (including phenoxy) is 2. The molecule has 10 nitrogen and oxygen atoms in total. The molecule has 0 radical (unpaired) electrons. The fourth-order valence-electron chi connectivity index (χ4n) is 5.51. The number of nitrogens with one attached hydrogen (secondary N) is 2. The minimum atomic E-state index is -5.62. The second kappa shape index (κ2) is 12.6. The van der Waals surface area contributed by atoms with Crippen LogP contribution in [0.25, 0.3) is 0 Å². The van der Waals surface area contributed by atoms with Gasteiger partial charge in [0.05, 0.1) is 35.0 Å². The number of aliphatic carboxylic acids is 1. The summed E-state index contributed by atoms with van der Waals surface area (Å²) in [7, 11) is -4.37. The molecular formula is C29H32F4N2O8S. The highest BCUT2D eigenvalue weighted by Crippen LogP contribution is 2.39. The molecule has 2 aromatic rings. The lowest BCUT2D eigenvalue weighted by atomic mass is 9.75. The van der Waals surface area contributed by atoms with Crippen LogP contribution in [0.1, 0.15) is 62.2 Å². The summed E-state index contributed by atoms with van der Waals surface area (Å²) in [5.41, 5.74) is -6.63. The first-order valence-electron chi connectivity index (χ1n) is 13.9. The van der Waals surface area contributed by atoms with Crippen molar-refractivity contribution < 1.29 is 54.9 Å². The Kier molecular flexibility index (Phi) is 9.47. The van der Waals surface area contributed by atoms with Crippen LogP contribution in [0.3, 0.4) is 0 Å². The van der Waals surface area contributed by atoms with Crippen molar-refractivity contribution in [2.24, 2.45) is 11.3 Å². The van der Waals surface area contributed by atoms with E-state index < -0.39 is 67.3 Å². The summed E-state index contributed by atoms with van der Waals surface area (Å²) < 4.78 is 88.3. The Labute approximate surface area is 251 Å². The topological polar surface area (TPSA) is 148 Å². The second-order valence-electron chi connectivity index (χ2n) is 11.2. The maximum Gasteiger partial charge on any atom is 0.501 e. The molecule has 4 rings (SSSR count).